The number of rotatable bonds is 7. The van der Waals surface area contributed by atoms with Crippen LogP contribution < -0.4 is 10.6 Å². The molecule has 1 aliphatic carbocycles. The molecule has 1 unspecified atom stereocenters. The lowest BCUT2D eigenvalue weighted by Crippen LogP contribution is -2.41. The van der Waals surface area contributed by atoms with Crippen molar-refractivity contribution in [3.63, 3.8) is 0 Å². The van der Waals surface area contributed by atoms with Gasteiger partial charge in [0.25, 0.3) is 0 Å². The number of likely N-dealkylation sites (tertiary alicyclic amines) is 1. The van der Waals surface area contributed by atoms with Gasteiger partial charge in [-0.1, -0.05) is 24.2 Å². The Hall–Kier alpha value is -2.97. The summed E-state index contributed by atoms with van der Waals surface area (Å²) in [4.78, 5) is 22.9. The van der Waals surface area contributed by atoms with Crippen molar-refractivity contribution in [3.8, 4) is 11.3 Å². The van der Waals surface area contributed by atoms with Crippen molar-refractivity contribution in [3.05, 3.63) is 54.5 Å². The van der Waals surface area contributed by atoms with Gasteiger partial charge in [-0.05, 0) is 62.8 Å². The first-order valence-electron chi connectivity index (χ1n) is 12.0. The predicted octanol–water partition coefficient (Wildman–Crippen LogP) is 3.79. The quantitative estimate of drug-likeness (QED) is 0.501. The highest BCUT2D eigenvalue weighted by Crippen LogP contribution is 2.30. The Morgan fingerprint density at radius 1 is 1.24 bits per heavy atom. The molecule has 34 heavy (non-hydrogen) atoms. The average Bonchev–Trinajstić information content (AvgIpc) is 3.51. The smallest absolute Gasteiger partial charge is 0.245 e. The largest absolute Gasteiger partial charge is 0.351 e. The average molecular weight is 480 g/mol. The summed E-state index contributed by atoms with van der Waals surface area (Å²) < 4.78 is 1.81. The van der Waals surface area contributed by atoms with Crippen molar-refractivity contribution in [2.45, 2.75) is 44.2 Å². The van der Waals surface area contributed by atoms with E-state index in [-0.39, 0.29) is 5.91 Å². The third kappa shape index (κ3) is 4.93. The van der Waals surface area contributed by atoms with Gasteiger partial charge in [-0.3, -0.25) is 4.79 Å². The number of anilines is 1. The molecule has 1 saturated heterocycles. The summed E-state index contributed by atoms with van der Waals surface area (Å²) in [7, 11) is 0. The van der Waals surface area contributed by atoms with Gasteiger partial charge in [-0.15, -0.1) is 0 Å². The molecule has 178 valence electrons. The molecule has 1 saturated carbocycles. The second kappa shape index (κ2) is 10.1. The highest BCUT2D eigenvalue weighted by Gasteiger charge is 2.27. The van der Waals surface area contributed by atoms with Gasteiger partial charge >= 0.3 is 0 Å². The number of nitrogens with zero attached hydrogens (tertiary/aromatic N) is 5. The second-order valence-corrected chi connectivity index (χ2v) is 9.64. The van der Waals surface area contributed by atoms with Gasteiger partial charge in [0.1, 0.15) is 0 Å². The van der Waals surface area contributed by atoms with Crippen LogP contribution >= 0.6 is 11.6 Å². The van der Waals surface area contributed by atoms with Crippen LogP contribution in [0.15, 0.2) is 49.4 Å². The number of hydrogen-bond donors (Lipinski definition) is 2. The van der Waals surface area contributed by atoms with Crippen molar-refractivity contribution in [1.82, 2.24) is 29.8 Å². The van der Waals surface area contributed by atoms with E-state index in [1.165, 1.54) is 6.08 Å². The van der Waals surface area contributed by atoms with Gasteiger partial charge in [0.2, 0.25) is 11.9 Å². The van der Waals surface area contributed by atoms with E-state index in [0.717, 1.165) is 62.8 Å². The molecule has 0 bridgehead atoms. The van der Waals surface area contributed by atoms with Crippen molar-refractivity contribution < 1.29 is 4.79 Å². The van der Waals surface area contributed by atoms with E-state index in [4.69, 9.17) is 16.6 Å². The van der Waals surface area contributed by atoms with Crippen LogP contribution in [0.5, 0.6) is 0 Å². The number of halogens is 1. The summed E-state index contributed by atoms with van der Waals surface area (Å²) >= 11 is 6.47. The number of fused-ring (bicyclic) bond motifs is 1. The first-order valence-corrected chi connectivity index (χ1v) is 12.3. The standard InChI is InChI=1S/C25H30ClN7O/c1-2-23(34)32-11-9-17(16-32)13-27-18-6-5-7-19(12-18)30-25-28-15-21(26)24(31-25)20-14-29-33-10-4-3-8-22(20)33/h2-4,8,10,14-15,17-19,27H,1,5-7,9,11-13,16H2,(H,28,30,31)/t17?,18-,19+/m0/s1. The number of aromatic nitrogens is 4. The molecule has 8 nitrogen and oxygen atoms in total. The Kier molecular flexibility index (Phi) is 6.78. The van der Waals surface area contributed by atoms with Crippen LogP contribution in [-0.2, 0) is 4.79 Å². The van der Waals surface area contributed by atoms with Crippen LogP contribution in [0.4, 0.5) is 5.95 Å². The van der Waals surface area contributed by atoms with E-state index in [1.54, 1.807) is 12.4 Å². The normalized spacial score (nSPS) is 22.7. The molecule has 3 aromatic rings. The summed E-state index contributed by atoms with van der Waals surface area (Å²) in [6.07, 6.45) is 12.2. The molecular weight excluding hydrogens is 450 g/mol. The molecule has 2 fully saturated rings. The van der Waals surface area contributed by atoms with Crippen LogP contribution in [0.2, 0.25) is 5.02 Å². The van der Waals surface area contributed by atoms with Gasteiger partial charge in [0.15, 0.2) is 0 Å². The zero-order valence-corrected chi connectivity index (χ0v) is 19.9. The second-order valence-electron chi connectivity index (χ2n) is 9.23. The Bertz CT molecular complexity index is 1180. The van der Waals surface area contributed by atoms with E-state index in [2.05, 4.69) is 27.3 Å². The van der Waals surface area contributed by atoms with Crippen LogP contribution in [0, 0.1) is 5.92 Å². The fourth-order valence-corrected chi connectivity index (χ4v) is 5.29. The van der Waals surface area contributed by atoms with Gasteiger partial charge in [-0.25, -0.2) is 14.5 Å². The summed E-state index contributed by atoms with van der Waals surface area (Å²) in [6, 6.07) is 6.66. The first-order chi connectivity index (χ1) is 16.6. The minimum Gasteiger partial charge on any atom is -0.351 e. The SMILES string of the molecule is C=CC(=O)N1CCC(CN[C@H]2CCC[C@@H](Nc3ncc(Cl)c(-c4cnn5ccccc45)n3)C2)C1. The Morgan fingerprint density at radius 2 is 2.12 bits per heavy atom. The molecule has 0 radical (unpaired) electrons. The molecule has 3 atom stereocenters. The van der Waals surface area contributed by atoms with Crippen LogP contribution in [0.1, 0.15) is 32.1 Å². The number of carbonyl (C=O) groups excluding carboxylic acids is 1. The summed E-state index contributed by atoms with van der Waals surface area (Å²) in [6.45, 7) is 6.18. The van der Waals surface area contributed by atoms with Crippen molar-refractivity contribution in [2.24, 2.45) is 5.92 Å². The molecule has 1 aliphatic heterocycles. The monoisotopic (exact) mass is 479 g/mol. The number of amides is 1. The van der Waals surface area contributed by atoms with E-state index >= 15 is 0 Å². The lowest BCUT2D eigenvalue weighted by molar-refractivity contribution is -0.125. The third-order valence-corrected chi connectivity index (χ3v) is 7.18. The molecule has 5 rings (SSSR count). The van der Waals surface area contributed by atoms with Crippen LogP contribution in [0.25, 0.3) is 16.8 Å². The molecule has 9 heteroatoms. The minimum absolute atomic E-state index is 0.0379. The predicted molar refractivity (Wildman–Crippen MR) is 134 cm³/mol. The van der Waals surface area contributed by atoms with E-state index < -0.39 is 0 Å². The van der Waals surface area contributed by atoms with E-state index in [9.17, 15) is 4.79 Å². The highest BCUT2D eigenvalue weighted by molar-refractivity contribution is 6.33. The topological polar surface area (TPSA) is 87.5 Å². The fraction of sp³-hybridized carbons (Fsp3) is 0.440. The molecule has 3 aromatic heterocycles. The van der Waals surface area contributed by atoms with Gasteiger partial charge in [0.05, 0.1) is 28.6 Å². The van der Waals surface area contributed by atoms with Gasteiger partial charge in [0, 0.05) is 36.9 Å². The molecular formula is C25H30ClN7O. The van der Waals surface area contributed by atoms with Gasteiger partial charge < -0.3 is 15.5 Å². The molecule has 4 heterocycles. The molecule has 0 spiro atoms. The van der Waals surface area contributed by atoms with Crippen LogP contribution in [0.3, 0.4) is 0 Å². The molecule has 1 amide bonds. The Balaban J connectivity index is 1.20. The highest BCUT2D eigenvalue weighted by atomic mass is 35.5. The maximum absolute atomic E-state index is 11.8. The first kappa shape index (κ1) is 22.8. The zero-order chi connectivity index (χ0) is 23.5. The lowest BCUT2D eigenvalue weighted by Gasteiger charge is -2.31. The van der Waals surface area contributed by atoms with Crippen LogP contribution in [-0.4, -0.2) is 62.1 Å². The van der Waals surface area contributed by atoms with Crippen molar-refractivity contribution in [2.75, 3.05) is 25.0 Å². The number of hydrogen-bond acceptors (Lipinski definition) is 6. The Morgan fingerprint density at radius 3 is 3.00 bits per heavy atom. The summed E-state index contributed by atoms with van der Waals surface area (Å²) in [5.74, 6) is 1.14. The van der Waals surface area contributed by atoms with E-state index in [0.29, 0.717) is 34.7 Å². The number of pyridine rings is 1. The summed E-state index contributed by atoms with van der Waals surface area (Å²) in [5.41, 5.74) is 2.53. The Labute approximate surface area is 204 Å². The minimum atomic E-state index is 0.0379. The lowest BCUT2D eigenvalue weighted by atomic mass is 9.90. The molecule has 2 aliphatic rings. The van der Waals surface area contributed by atoms with Crippen molar-refractivity contribution >= 4 is 29.0 Å². The zero-order valence-electron chi connectivity index (χ0n) is 19.2. The molecule has 0 aromatic carbocycles. The number of nitrogens with one attached hydrogen (secondary N) is 2. The van der Waals surface area contributed by atoms with Gasteiger partial charge in [-0.2, -0.15) is 5.10 Å². The third-order valence-electron chi connectivity index (χ3n) is 6.90. The maximum Gasteiger partial charge on any atom is 0.245 e. The molecule has 2 N–H and O–H groups in total. The maximum atomic E-state index is 11.8. The summed E-state index contributed by atoms with van der Waals surface area (Å²) in [5, 5.41) is 12.2. The number of carbonyl (C=O) groups is 1. The van der Waals surface area contributed by atoms with Crippen molar-refractivity contribution in [1.29, 1.82) is 0 Å². The van der Waals surface area contributed by atoms with E-state index in [1.807, 2.05) is 33.8 Å². The fourth-order valence-electron chi connectivity index (χ4n) is 5.09.